The van der Waals surface area contributed by atoms with Crippen molar-refractivity contribution in [1.82, 2.24) is 4.90 Å². The van der Waals surface area contributed by atoms with Crippen LogP contribution in [0.5, 0.6) is 0 Å². The summed E-state index contributed by atoms with van der Waals surface area (Å²) in [7, 11) is 0. The standard InChI is InChI=1S/C15H18ClNS/c1-2-17(11-13-7-4-3-5-8-13)12-14(16)15-9-6-10-18-15/h3-10,14H,2,11-12H2,1H3. The summed E-state index contributed by atoms with van der Waals surface area (Å²) in [5.74, 6) is 0. The second-order valence-electron chi connectivity index (χ2n) is 4.30. The maximum atomic E-state index is 6.46. The van der Waals surface area contributed by atoms with Crippen molar-refractivity contribution in [2.45, 2.75) is 18.8 Å². The SMILES string of the molecule is CCN(Cc1ccccc1)CC(Cl)c1cccs1. The molecule has 0 aliphatic rings. The molecule has 0 fully saturated rings. The molecule has 2 rings (SSSR count). The van der Waals surface area contributed by atoms with Crippen LogP contribution in [-0.4, -0.2) is 18.0 Å². The number of rotatable bonds is 6. The number of alkyl halides is 1. The van der Waals surface area contributed by atoms with E-state index in [1.165, 1.54) is 10.4 Å². The first kappa shape index (κ1) is 13.6. The summed E-state index contributed by atoms with van der Waals surface area (Å²) in [6.45, 7) is 5.06. The molecule has 18 heavy (non-hydrogen) atoms. The summed E-state index contributed by atoms with van der Waals surface area (Å²) in [5.41, 5.74) is 1.34. The Kier molecular flexibility index (Phi) is 5.24. The van der Waals surface area contributed by atoms with E-state index in [2.05, 4.69) is 59.7 Å². The predicted molar refractivity (Wildman–Crippen MR) is 80.3 cm³/mol. The van der Waals surface area contributed by atoms with Crippen LogP contribution in [-0.2, 0) is 6.54 Å². The van der Waals surface area contributed by atoms with E-state index >= 15 is 0 Å². The zero-order chi connectivity index (χ0) is 12.8. The number of benzene rings is 1. The third-order valence-electron chi connectivity index (χ3n) is 2.97. The molecule has 3 heteroatoms. The maximum Gasteiger partial charge on any atom is 0.0805 e. The average molecular weight is 280 g/mol. The van der Waals surface area contributed by atoms with Gasteiger partial charge < -0.3 is 0 Å². The Morgan fingerprint density at radius 2 is 1.94 bits per heavy atom. The van der Waals surface area contributed by atoms with Crippen molar-refractivity contribution in [2.24, 2.45) is 0 Å². The number of halogens is 1. The van der Waals surface area contributed by atoms with Gasteiger partial charge in [0.2, 0.25) is 0 Å². The van der Waals surface area contributed by atoms with Crippen molar-refractivity contribution in [2.75, 3.05) is 13.1 Å². The highest BCUT2D eigenvalue weighted by atomic mass is 35.5. The molecule has 0 spiro atoms. The van der Waals surface area contributed by atoms with Crippen molar-refractivity contribution in [3.05, 3.63) is 58.3 Å². The van der Waals surface area contributed by atoms with Crippen LogP contribution in [0.2, 0.25) is 0 Å². The Hall–Kier alpha value is -0.830. The molecule has 0 amide bonds. The molecule has 0 saturated carbocycles. The number of hydrogen-bond acceptors (Lipinski definition) is 2. The molecule has 0 N–H and O–H groups in total. The van der Waals surface area contributed by atoms with E-state index in [1.54, 1.807) is 11.3 Å². The third kappa shape index (κ3) is 3.84. The zero-order valence-corrected chi connectivity index (χ0v) is 12.1. The number of thiophene rings is 1. The zero-order valence-electron chi connectivity index (χ0n) is 10.6. The summed E-state index contributed by atoms with van der Waals surface area (Å²) < 4.78 is 0. The van der Waals surface area contributed by atoms with Gasteiger partial charge in [0.15, 0.2) is 0 Å². The first-order valence-electron chi connectivity index (χ1n) is 6.23. The van der Waals surface area contributed by atoms with Crippen LogP contribution in [0.3, 0.4) is 0 Å². The second kappa shape index (κ2) is 6.93. The molecule has 1 aromatic carbocycles. The van der Waals surface area contributed by atoms with Crippen LogP contribution in [0.15, 0.2) is 47.8 Å². The highest BCUT2D eigenvalue weighted by Gasteiger charge is 2.13. The molecule has 2 aromatic rings. The molecule has 0 bridgehead atoms. The molecule has 0 aliphatic heterocycles. The Morgan fingerprint density at radius 1 is 1.17 bits per heavy atom. The van der Waals surface area contributed by atoms with Crippen molar-refractivity contribution in [3.8, 4) is 0 Å². The number of hydrogen-bond donors (Lipinski definition) is 0. The van der Waals surface area contributed by atoms with Gasteiger partial charge in [0.05, 0.1) is 5.38 Å². The Bertz CT molecular complexity index is 441. The maximum absolute atomic E-state index is 6.46. The van der Waals surface area contributed by atoms with Crippen molar-refractivity contribution in [1.29, 1.82) is 0 Å². The van der Waals surface area contributed by atoms with E-state index < -0.39 is 0 Å². The predicted octanol–water partition coefficient (Wildman–Crippen LogP) is 4.55. The highest BCUT2D eigenvalue weighted by Crippen LogP contribution is 2.26. The molecule has 1 heterocycles. The van der Waals surface area contributed by atoms with Crippen molar-refractivity contribution >= 4 is 22.9 Å². The second-order valence-corrected chi connectivity index (χ2v) is 5.80. The first-order valence-corrected chi connectivity index (χ1v) is 7.55. The molecular weight excluding hydrogens is 262 g/mol. The van der Waals surface area contributed by atoms with E-state index in [1.807, 2.05) is 0 Å². The molecule has 1 atom stereocenters. The van der Waals surface area contributed by atoms with Crippen molar-refractivity contribution in [3.63, 3.8) is 0 Å². The van der Waals surface area contributed by atoms with Crippen LogP contribution in [0.4, 0.5) is 0 Å². The largest absolute Gasteiger partial charge is 0.298 e. The Morgan fingerprint density at radius 3 is 2.56 bits per heavy atom. The Labute approximate surface area is 118 Å². The molecule has 1 unspecified atom stereocenters. The van der Waals surface area contributed by atoms with Crippen LogP contribution >= 0.6 is 22.9 Å². The molecule has 0 radical (unpaired) electrons. The lowest BCUT2D eigenvalue weighted by molar-refractivity contribution is 0.281. The minimum atomic E-state index is 0.0914. The van der Waals surface area contributed by atoms with E-state index in [4.69, 9.17) is 11.6 Å². The molecule has 0 saturated heterocycles. The molecule has 1 nitrogen and oxygen atoms in total. The monoisotopic (exact) mass is 279 g/mol. The van der Waals surface area contributed by atoms with Crippen LogP contribution < -0.4 is 0 Å². The van der Waals surface area contributed by atoms with Gasteiger partial charge in [-0.2, -0.15) is 0 Å². The van der Waals surface area contributed by atoms with Gasteiger partial charge >= 0.3 is 0 Å². The fourth-order valence-electron chi connectivity index (χ4n) is 1.93. The quantitative estimate of drug-likeness (QED) is 0.701. The van der Waals surface area contributed by atoms with E-state index in [-0.39, 0.29) is 5.38 Å². The van der Waals surface area contributed by atoms with Crippen molar-refractivity contribution < 1.29 is 0 Å². The fraction of sp³-hybridized carbons (Fsp3) is 0.333. The average Bonchev–Trinajstić information content (AvgIpc) is 2.93. The van der Waals surface area contributed by atoms with Crippen LogP contribution in [0.25, 0.3) is 0 Å². The van der Waals surface area contributed by atoms with E-state index in [9.17, 15) is 0 Å². The van der Waals surface area contributed by atoms with E-state index in [0.29, 0.717) is 0 Å². The highest BCUT2D eigenvalue weighted by molar-refractivity contribution is 7.10. The molecular formula is C15H18ClNS. The minimum absolute atomic E-state index is 0.0914. The number of nitrogens with zero attached hydrogens (tertiary/aromatic N) is 1. The third-order valence-corrected chi connectivity index (χ3v) is 4.46. The summed E-state index contributed by atoms with van der Waals surface area (Å²) in [5, 5.41) is 2.17. The lowest BCUT2D eigenvalue weighted by Gasteiger charge is -2.22. The normalized spacial score (nSPS) is 12.8. The van der Waals surface area contributed by atoms with Gasteiger partial charge in [0.1, 0.15) is 0 Å². The van der Waals surface area contributed by atoms with Gasteiger partial charge in [-0.1, -0.05) is 43.3 Å². The van der Waals surface area contributed by atoms with E-state index in [0.717, 1.165) is 19.6 Å². The van der Waals surface area contributed by atoms with Gasteiger partial charge in [0.25, 0.3) is 0 Å². The fourth-order valence-corrected chi connectivity index (χ4v) is 3.05. The van der Waals surface area contributed by atoms with Crippen LogP contribution in [0, 0.1) is 0 Å². The lowest BCUT2D eigenvalue weighted by Crippen LogP contribution is -2.26. The summed E-state index contributed by atoms with van der Waals surface area (Å²) in [6.07, 6.45) is 0. The summed E-state index contributed by atoms with van der Waals surface area (Å²) >= 11 is 8.19. The minimum Gasteiger partial charge on any atom is -0.298 e. The van der Waals surface area contributed by atoms with Gasteiger partial charge in [-0.15, -0.1) is 22.9 Å². The van der Waals surface area contributed by atoms with Gasteiger partial charge in [-0.25, -0.2) is 0 Å². The summed E-state index contributed by atoms with van der Waals surface area (Å²) in [6, 6.07) is 14.7. The molecule has 96 valence electrons. The molecule has 1 aromatic heterocycles. The van der Waals surface area contributed by atoms with Crippen LogP contribution in [0.1, 0.15) is 22.7 Å². The summed E-state index contributed by atoms with van der Waals surface area (Å²) in [4.78, 5) is 3.63. The van der Waals surface area contributed by atoms with Gasteiger partial charge in [-0.3, -0.25) is 4.90 Å². The van der Waals surface area contributed by atoms with Gasteiger partial charge in [0, 0.05) is 18.0 Å². The molecule has 0 aliphatic carbocycles. The topological polar surface area (TPSA) is 3.24 Å². The smallest absolute Gasteiger partial charge is 0.0805 e. The number of likely N-dealkylation sites (N-methyl/N-ethyl adjacent to an activating group) is 1. The van der Waals surface area contributed by atoms with Gasteiger partial charge in [-0.05, 0) is 23.6 Å². The first-order chi connectivity index (χ1) is 8.79. The lowest BCUT2D eigenvalue weighted by atomic mass is 10.2. The Balaban J connectivity index is 1.93.